The maximum atomic E-state index is 13.2. The van der Waals surface area contributed by atoms with Gasteiger partial charge in [-0.25, -0.2) is 17.5 Å². The smallest absolute Gasteiger partial charge is 0.416 e. The fourth-order valence-electron chi connectivity index (χ4n) is 2.88. The minimum atomic E-state index is -4.66. The lowest BCUT2D eigenvalue weighted by Gasteiger charge is -2.23. The Morgan fingerprint density at radius 2 is 2.04 bits per heavy atom. The molecule has 0 aliphatic carbocycles. The van der Waals surface area contributed by atoms with Crippen LogP contribution in [0.4, 0.5) is 13.2 Å². The van der Waals surface area contributed by atoms with Gasteiger partial charge in [0.15, 0.2) is 0 Å². The molecule has 0 saturated carbocycles. The highest BCUT2D eigenvalue weighted by atomic mass is 32.2. The third-order valence-electron chi connectivity index (χ3n) is 4.34. The highest BCUT2D eigenvalue weighted by molar-refractivity contribution is 7.88. The van der Waals surface area contributed by atoms with Crippen molar-refractivity contribution in [2.24, 2.45) is 0 Å². The van der Waals surface area contributed by atoms with Crippen LogP contribution in [0.2, 0.25) is 0 Å². The van der Waals surface area contributed by atoms with Gasteiger partial charge in [0.2, 0.25) is 10.0 Å². The van der Waals surface area contributed by atoms with Gasteiger partial charge in [-0.15, -0.1) is 0 Å². The number of sulfonamides is 1. The largest absolute Gasteiger partial charge is 0.478 e. The molecule has 1 heterocycles. The van der Waals surface area contributed by atoms with Crippen molar-refractivity contribution in [3.8, 4) is 0 Å². The van der Waals surface area contributed by atoms with Crippen LogP contribution >= 0.6 is 0 Å². The Balaban J connectivity index is 2.20. The van der Waals surface area contributed by atoms with Gasteiger partial charge in [-0.3, -0.25) is 4.90 Å². The first-order chi connectivity index (χ1) is 11.4. The average Bonchev–Trinajstić information content (AvgIpc) is 2.92. The number of aromatic carboxylic acids is 1. The molecule has 0 spiro atoms. The zero-order chi connectivity index (χ0) is 19.0. The van der Waals surface area contributed by atoms with Crippen molar-refractivity contribution in [2.75, 3.05) is 26.4 Å². The summed E-state index contributed by atoms with van der Waals surface area (Å²) in [5.41, 5.74) is -1.43. The van der Waals surface area contributed by atoms with Crippen molar-refractivity contribution < 1.29 is 31.5 Å². The Morgan fingerprint density at radius 1 is 1.40 bits per heavy atom. The Labute approximate surface area is 143 Å². The lowest BCUT2D eigenvalue weighted by Crippen LogP contribution is -2.38. The first-order valence-corrected chi connectivity index (χ1v) is 9.33. The molecule has 25 heavy (non-hydrogen) atoms. The van der Waals surface area contributed by atoms with Gasteiger partial charge in [0.25, 0.3) is 0 Å². The molecule has 0 radical (unpaired) electrons. The van der Waals surface area contributed by atoms with Crippen molar-refractivity contribution in [2.45, 2.75) is 25.2 Å². The molecule has 1 aromatic carbocycles. The standard InChI is InChI=1S/C15H19F3N2O4S/c1-19(25(2,23)24)12-5-6-20(9-12)8-11-4-3-10(14(21)22)7-13(11)15(16,17)18/h3-4,7,12H,5-6,8-9H2,1-2H3,(H,21,22)/t12-/m1/s1. The zero-order valence-corrected chi connectivity index (χ0v) is 14.6. The molecular formula is C15H19F3N2O4S. The van der Waals surface area contributed by atoms with E-state index in [9.17, 15) is 26.4 Å². The third kappa shape index (κ3) is 4.71. The van der Waals surface area contributed by atoms with Gasteiger partial charge < -0.3 is 5.11 Å². The third-order valence-corrected chi connectivity index (χ3v) is 5.69. The van der Waals surface area contributed by atoms with Crippen LogP contribution in [0.15, 0.2) is 18.2 Å². The van der Waals surface area contributed by atoms with Crippen LogP contribution in [0.5, 0.6) is 0 Å². The molecule has 0 bridgehead atoms. The molecule has 1 aromatic rings. The van der Waals surface area contributed by atoms with E-state index in [-0.39, 0.29) is 18.2 Å². The van der Waals surface area contributed by atoms with Gasteiger partial charge in [0, 0.05) is 32.7 Å². The van der Waals surface area contributed by atoms with Gasteiger partial charge >= 0.3 is 12.1 Å². The van der Waals surface area contributed by atoms with E-state index in [1.807, 2.05) is 0 Å². The molecule has 10 heteroatoms. The molecule has 0 amide bonds. The normalized spacial score (nSPS) is 19.5. The van der Waals surface area contributed by atoms with Crippen molar-refractivity contribution in [3.05, 3.63) is 34.9 Å². The van der Waals surface area contributed by atoms with Crippen LogP contribution < -0.4 is 0 Å². The van der Waals surface area contributed by atoms with Crippen LogP contribution in [0, 0.1) is 0 Å². The van der Waals surface area contributed by atoms with Crippen LogP contribution in [-0.2, 0) is 22.7 Å². The Morgan fingerprint density at radius 3 is 2.56 bits per heavy atom. The molecule has 1 N–H and O–H groups in total. The molecule has 1 saturated heterocycles. The van der Waals surface area contributed by atoms with E-state index in [4.69, 9.17) is 5.11 Å². The summed E-state index contributed by atoms with van der Waals surface area (Å²) < 4.78 is 64.1. The lowest BCUT2D eigenvalue weighted by atomic mass is 10.0. The summed E-state index contributed by atoms with van der Waals surface area (Å²) in [6, 6.07) is 2.65. The quantitative estimate of drug-likeness (QED) is 0.844. The SMILES string of the molecule is CN([C@@H]1CCN(Cc2ccc(C(=O)O)cc2C(F)(F)F)C1)S(C)(=O)=O. The van der Waals surface area contributed by atoms with Crippen molar-refractivity contribution in [1.82, 2.24) is 9.21 Å². The maximum absolute atomic E-state index is 13.2. The molecule has 1 fully saturated rings. The molecule has 1 aliphatic heterocycles. The fourth-order valence-corrected chi connectivity index (χ4v) is 3.59. The van der Waals surface area contributed by atoms with Gasteiger partial charge in [-0.1, -0.05) is 6.07 Å². The molecule has 140 valence electrons. The van der Waals surface area contributed by atoms with Crippen molar-refractivity contribution in [1.29, 1.82) is 0 Å². The highest BCUT2D eigenvalue weighted by Crippen LogP contribution is 2.34. The molecule has 0 unspecified atom stereocenters. The molecule has 6 nitrogen and oxygen atoms in total. The summed E-state index contributed by atoms with van der Waals surface area (Å²) in [6.45, 7) is 0.757. The van der Waals surface area contributed by atoms with Crippen LogP contribution in [0.25, 0.3) is 0 Å². The summed E-state index contributed by atoms with van der Waals surface area (Å²) in [4.78, 5) is 12.6. The molecule has 2 rings (SSSR count). The van der Waals surface area contributed by atoms with Gasteiger partial charge in [-0.2, -0.15) is 13.2 Å². The number of carbonyl (C=O) groups is 1. The predicted octanol–water partition coefficient (Wildman–Crippen LogP) is 1.87. The van der Waals surface area contributed by atoms with Crippen LogP contribution in [0.1, 0.15) is 27.9 Å². The maximum Gasteiger partial charge on any atom is 0.416 e. The number of benzene rings is 1. The Kier molecular flexibility index (Phi) is 5.45. The first kappa shape index (κ1) is 19.7. The van der Waals surface area contributed by atoms with E-state index in [1.165, 1.54) is 17.4 Å². The second-order valence-electron chi connectivity index (χ2n) is 6.13. The highest BCUT2D eigenvalue weighted by Gasteiger charge is 2.36. The topological polar surface area (TPSA) is 77.9 Å². The Bertz CT molecular complexity index is 765. The number of carboxylic acids is 1. The summed E-state index contributed by atoms with van der Waals surface area (Å²) in [5, 5.41) is 8.88. The van der Waals surface area contributed by atoms with E-state index in [0.717, 1.165) is 12.3 Å². The number of rotatable bonds is 5. The van der Waals surface area contributed by atoms with E-state index in [2.05, 4.69) is 0 Å². The number of carboxylic acid groups (broad SMARTS) is 1. The summed E-state index contributed by atoms with van der Waals surface area (Å²) in [5.74, 6) is -1.42. The van der Waals surface area contributed by atoms with Crippen molar-refractivity contribution in [3.63, 3.8) is 0 Å². The summed E-state index contributed by atoms with van der Waals surface area (Å²) in [7, 11) is -1.92. The van der Waals surface area contributed by atoms with E-state index in [0.29, 0.717) is 25.6 Å². The number of halogens is 3. The zero-order valence-electron chi connectivity index (χ0n) is 13.7. The predicted molar refractivity (Wildman–Crippen MR) is 84.7 cm³/mol. The minimum absolute atomic E-state index is 0.0250. The lowest BCUT2D eigenvalue weighted by molar-refractivity contribution is -0.138. The van der Waals surface area contributed by atoms with Crippen LogP contribution in [-0.4, -0.2) is 61.1 Å². The molecular weight excluding hydrogens is 361 g/mol. The summed E-state index contributed by atoms with van der Waals surface area (Å²) >= 11 is 0. The number of alkyl halides is 3. The van der Waals surface area contributed by atoms with E-state index < -0.39 is 33.3 Å². The monoisotopic (exact) mass is 380 g/mol. The number of nitrogens with zero attached hydrogens (tertiary/aromatic N) is 2. The number of hydrogen-bond acceptors (Lipinski definition) is 4. The number of likely N-dealkylation sites (tertiary alicyclic amines) is 1. The average molecular weight is 380 g/mol. The Hall–Kier alpha value is -1.65. The van der Waals surface area contributed by atoms with E-state index in [1.54, 1.807) is 4.90 Å². The van der Waals surface area contributed by atoms with Gasteiger partial charge in [0.1, 0.15) is 0 Å². The van der Waals surface area contributed by atoms with Crippen molar-refractivity contribution >= 4 is 16.0 Å². The van der Waals surface area contributed by atoms with E-state index >= 15 is 0 Å². The number of hydrogen-bond donors (Lipinski definition) is 1. The molecule has 1 atom stereocenters. The summed E-state index contributed by atoms with van der Waals surface area (Å²) in [6.07, 6.45) is -3.05. The fraction of sp³-hybridized carbons (Fsp3) is 0.533. The van der Waals surface area contributed by atoms with Gasteiger partial charge in [0.05, 0.1) is 17.4 Å². The second kappa shape index (κ2) is 6.93. The van der Waals surface area contributed by atoms with Gasteiger partial charge in [-0.05, 0) is 24.1 Å². The number of likely N-dealkylation sites (N-methyl/N-ethyl adjacent to an activating group) is 1. The first-order valence-electron chi connectivity index (χ1n) is 7.48. The molecule has 0 aromatic heterocycles. The minimum Gasteiger partial charge on any atom is -0.478 e. The van der Waals surface area contributed by atoms with Crippen LogP contribution in [0.3, 0.4) is 0 Å². The molecule has 1 aliphatic rings. The second-order valence-corrected chi connectivity index (χ2v) is 8.17.